The van der Waals surface area contributed by atoms with Crippen LogP contribution in [-0.4, -0.2) is 35.1 Å². The van der Waals surface area contributed by atoms with Crippen LogP contribution in [0.25, 0.3) is 16.7 Å². The summed E-state index contributed by atoms with van der Waals surface area (Å²) in [7, 11) is 3.14. The Bertz CT molecular complexity index is 1190. The van der Waals surface area contributed by atoms with Gasteiger partial charge in [-0.1, -0.05) is 11.6 Å². The lowest BCUT2D eigenvalue weighted by atomic mass is 10.2. The maximum atomic E-state index is 12.5. The molecular weight excluding hydrogens is 392 g/mol. The van der Waals surface area contributed by atoms with Gasteiger partial charge in [-0.05, 0) is 60.7 Å². The zero-order chi connectivity index (χ0) is 20.4. The van der Waals surface area contributed by atoms with E-state index in [1.165, 1.54) is 4.80 Å². The van der Waals surface area contributed by atoms with Crippen LogP contribution < -0.4 is 14.8 Å². The fourth-order valence-corrected chi connectivity index (χ4v) is 3.09. The first-order valence-corrected chi connectivity index (χ1v) is 9.11. The molecule has 0 aliphatic rings. The highest BCUT2D eigenvalue weighted by Crippen LogP contribution is 2.27. The maximum Gasteiger partial charge on any atom is 0.255 e. The maximum absolute atomic E-state index is 12.5. The van der Waals surface area contributed by atoms with E-state index < -0.39 is 0 Å². The van der Waals surface area contributed by atoms with E-state index in [9.17, 15) is 4.79 Å². The Morgan fingerprint density at radius 1 is 0.931 bits per heavy atom. The van der Waals surface area contributed by atoms with Crippen molar-refractivity contribution in [3.8, 4) is 17.2 Å². The summed E-state index contributed by atoms with van der Waals surface area (Å²) >= 11 is 6.19. The van der Waals surface area contributed by atoms with E-state index in [4.69, 9.17) is 21.1 Å². The van der Waals surface area contributed by atoms with Crippen LogP contribution in [0.3, 0.4) is 0 Å². The second kappa shape index (κ2) is 7.81. The summed E-state index contributed by atoms with van der Waals surface area (Å²) in [6.07, 6.45) is 0. The first kappa shape index (κ1) is 18.8. The highest BCUT2D eigenvalue weighted by molar-refractivity contribution is 6.32. The molecule has 4 rings (SSSR count). The lowest BCUT2D eigenvalue weighted by Gasteiger charge is -2.06. The monoisotopic (exact) mass is 408 g/mol. The van der Waals surface area contributed by atoms with Gasteiger partial charge in [0, 0.05) is 11.3 Å². The van der Waals surface area contributed by atoms with Crippen molar-refractivity contribution in [1.82, 2.24) is 15.0 Å². The molecule has 0 saturated heterocycles. The Morgan fingerprint density at radius 3 is 2.38 bits per heavy atom. The standard InChI is InChI=1S/C21H17ClN4O3/c1-28-16-7-3-13(4-8-16)21(27)23-14-5-9-18-19(11-14)25-26(24-18)15-6-10-20(29-2)17(22)12-15/h3-12H,1-2H3,(H,23,27). The smallest absolute Gasteiger partial charge is 0.255 e. The van der Waals surface area contributed by atoms with Crippen LogP contribution in [-0.2, 0) is 0 Å². The highest BCUT2D eigenvalue weighted by Gasteiger charge is 2.11. The van der Waals surface area contributed by atoms with Crippen LogP contribution >= 0.6 is 11.6 Å². The van der Waals surface area contributed by atoms with Crippen LogP contribution in [0, 0.1) is 0 Å². The lowest BCUT2D eigenvalue weighted by molar-refractivity contribution is 0.102. The lowest BCUT2D eigenvalue weighted by Crippen LogP contribution is -2.11. The van der Waals surface area contributed by atoms with Crippen LogP contribution in [0.15, 0.2) is 60.7 Å². The second-order valence-corrected chi connectivity index (χ2v) is 6.60. The van der Waals surface area contributed by atoms with Crippen molar-refractivity contribution in [3.05, 3.63) is 71.2 Å². The number of methoxy groups -OCH3 is 2. The summed E-state index contributed by atoms with van der Waals surface area (Å²) < 4.78 is 10.3. The van der Waals surface area contributed by atoms with Gasteiger partial charge in [0.15, 0.2) is 0 Å². The topological polar surface area (TPSA) is 78.3 Å². The molecule has 1 heterocycles. The van der Waals surface area contributed by atoms with Crippen LogP contribution in [0.4, 0.5) is 5.69 Å². The average Bonchev–Trinajstić information content (AvgIpc) is 3.17. The molecule has 29 heavy (non-hydrogen) atoms. The van der Waals surface area contributed by atoms with Gasteiger partial charge in [-0.2, -0.15) is 4.80 Å². The largest absolute Gasteiger partial charge is 0.497 e. The number of fused-ring (bicyclic) bond motifs is 1. The third kappa shape index (κ3) is 3.86. The van der Waals surface area contributed by atoms with Crippen molar-refractivity contribution in [2.45, 2.75) is 0 Å². The van der Waals surface area contributed by atoms with E-state index in [1.807, 2.05) is 6.07 Å². The molecular formula is C21H17ClN4O3. The molecule has 8 heteroatoms. The molecule has 1 N–H and O–H groups in total. The number of hydrogen-bond acceptors (Lipinski definition) is 5. The minimum Gasteiger partial charge on any atom is -0.497 e. The molecule has 1 aromatic heterocycles. The zero-order valence-electron chi connectivity index (χ0n) is 15.7. The first-order valence-electron chi connectivity index (χ1n) is 8.74. The number of anilines is 1. The Kier molecular flexibility index (Phi) is 5.05. The van der Waals surface area contributed by atoms with Gasteiger partial charge in [0.1, 0.15) is 22.5 Å². The Morgan fingerprint density at radius 2 is 1.69 bits per heavy atom. The van der Waals surface area contributed by atoms with Crippen molar-refractivity contribution in [2.75, 3.05) is 19.5 Å². The molecule has 4 aromatic rings. The van der Waals surface area contributed by atoms with Crippen molar-refractivity contribution in [3.63, 3.8) is 0 Å². The minimum absolute atomic E-state index is 0.221. The normalized spacial score (nSPS) is 10.7. The highest BCUT2D eigenvalue weighted by atomic mass is 35.5. The van der Waals surface area contributed by atoms with Crippen LogP contribution in [0.5, 0.6) is 11.5 Å². The zero-order valence-corrected chi connectivity index (χ0v) is 16.5. The fourth-order valence-electron chi connectivity index (χ4n) is 2.83. The predicted octanol–water partition coefficient (Wildman–Crippen LogP) is 4.34. The molecule has 0 fully saturated rings. The van der Waals surface area contributed by atoms with Crippen LogP contribution in [0.2, 0.25) is 5.02 Å². The molecule has 0 bridgehead atoms. The summed E-state index contributed by atoms with van der Waals surface area (Å²) in [5.41, 5.74) is 3.19. The minimum atomic E-state index is -0.221. The van der Waals surface area contributed by atoms with E-state index in [-0.39, 0.29) is 5.91 Å². The molecule has 0 aliphatic carbocycles. The SMILES string of the molecule is COc1ccc(C(=O)Nc2ccc3nn(-c4ccc(OC)c(Cl)c4)nc3c2)cc1. The molecule has 0 unspecified atom stereocenters. The van der Waals surface area contributed by atoms with Crippen molar-refractivity contribution in [1.29, 1.82) is 0 Å². The summed E-state index contributed by atoms with van der Waals surface area (Å²) in [4.78, 5) is 13.9. The molecule has 7 nitrogen and oxygen atoms in total. The predicted molar refractivity (Wildman–Crippen MR) is 111 cm³/mol. The molecule has 0 saturated carbocycles. The van der Waals surface area contributed by atoms with E-state index in [0.29, 0.717) is 44.5 Å². The van der Waals surface area contributed by atoms with Crippen molar-refractivity contribution >= 4 is 34.2 Å². The number of carbonyl (C=O) groups excluding carboxylic acids is 1. The quantitative estimate of drug-likeness (QED) is 0.531. The summed E-state index contributed by atoms with van der Waals surface area (Å²) in [5.74, 6) is 1.05. The van der Waals surface area contributed by atoms with Crippen LogP contribution in [0.1, 0.15) is 10.4 Å². The average molecular weight is 409 g/mol. The van der Waals surface area contributed by atoms with E-state index in [1.54, 1.807) is 68.8 Å². The van der Waals surface area contributed by atoms with E-state index >= 15 is 0 Å². The number of aromatic nitrogens is 3. The number of rotatable bonds is 5. The first-order chi connectivity index (χ1) is 14.1. The van der Waals surface area contributed by atoms with Crippen molar-refractivity contribution < 1.29 is 14.3 Å². The van der Waals surface area contributed by atoms with Gasteiger partial charge < -0.3 is 14.8 Å². The molecule has 146 valence electrons. The number of carbonyl (C=O) groups is 1. The number of ether oxygens (including phenoxy) is 2. The number of benzene rings is 3. The third-order valence-corrected chi connectivity index (χ3v) is 4.65. The van der Waals surface area contributed by atoms with E-state index in [0.717, 1.165) is 0 Å². The number of nitrogens with one attached hydrogen (secondary N) is 1. The van der Waals surface area contributed by atoms with Gasteiger partial charge >= 0.3 is 0 Å². The summed E-state index contributed by atoms with van der Waals surface area (Å²) in [6, 6.07) is 17.5. The Balaban J connectivity index is 1.58. The number of hydrogen-bond donors (Lipinski definition) is 1. The molecule has 0 atom stereocenters. The molecule has 0 spiro atoms. The summed E-state index contributed by atoms with van der Waals surface area (Å²) in [6.45, 7) is 0. The molecule has 0 aliphatic heterocycles. The number of nitrogens with zero attached hydrogens (tertiary/aromatic N) is 3. The number of halogens is 1. The van der Waals surface area contributed by atoms with Gasteiger partial charge in [0.25, 0.3) is 5.91 Å². The molecule has 1 amide bonds. The second-order valence-electron chi connectivity index (χ2n) is 6.19. The van der Waals surface area contributed by atoms with Gasteiger partial charge in [-0.25, -0.2) is 0 Å². The number of amides is 1. The summed E-state index contributed by atoms with van der Waals surface area (Å²) in [5, 5.41) is 12.3. The molecule has 3 aromatic carbocycles. The van der Waals surface area contributed by atoms with E-state index in [2.05, 4.69) is 15.5 Å². The van der Waals surface area contributed by atoms with Gasteiger partial charge in [-0.15, -0.1) is 10.2 Å². The Hall–Kier alpha value is -3.58. The van der Waals surface area contributed by atoms with Gasteiger partial charge in [0.2, 0.25) is 0 Å². The van der Waals surface area contributed by atoms with Gasteiger partial charge in [-0.3, -0.25) is 4.79 Å². The van der Waals surface area contributed by atoms with Crippen molar-refractivity contribution in [2.24, 2.45) is 0 Å². The Labute approximate surface area is 171 Å². The fraction of sp³-hybridized carbons (Fsp3) is 0.0952. The molecule has 0 radical (unpaired) electrons. The third-order valence-electron chi connectivity index (χ3n) is 4.36. The van der Waals surface area contributed by atoms with Gasteiger partial charge in [0.05, 0.1) is 24.9 Å².